The molecule has 5 nitrogen and oxygen atoms in total. The molecule has 1 amide bonds. The van der Waals surface area contributed by atoms with Gasteiger partial charge in [-0.05, 0) is 48.1 Å². The molecule has 1 aliphatic heterocycles. The van der Waals surface area contributed by atoms with Gasteiger partial charge >= 0.3 is 5.97 Å². The fraction of sp³-hybridized carbons (Fsp3) is 0.364. The summed E-state index contributed by atoms with van der Waals surface area (Å²) in [5.74, 6) is -2.60. The standard InChI is InChI=1S/C22H23F2NO4/c1-28-20(26)14-25-21(27)22(8-10-29-11-9-22)13-16-4-2-3-5-17(16)15-6-7-18(23)19(24)12-15/h2-7,12H,8-11,13-14H2,1H3,(H,25,27). The Bertz CT molecular complexity index is 894. The van der Waals surface area contributed by atoms with Gasteiger partial charge in [0.25, 0.3) is 0 Å². The van der Waals surface area contributed by atoms with E-state index in [0.29, 0.717) is 38.0 Å². The van der Waals surface area contributed by atoms with Crippen molar-refractivity contribution in [3.05, 3.63) is 59.7 Å². The summed E-state index contributed by atoms with van der Waals surface area (Å²) in [7, 11) is 1.26. The van der Waals surface area contributed by atoms with Gasteiger partial charge in [-0.2, -0.15) is 0 Å². The van der Waals surface area contributed by atoms with Crippen molar-refractivity contribution < 1.29 is 27.8 Å². The van der Waals surface area contributed by atoms with Gasteiger partial charge in [0.1, 0.15) is 6.54 Å². The molecule has 1 saturated heterocycles. The van der Waals surface area contributed by atoms with Gasteiger partial charge in [-0.1, -0.05) is 30.3 Å². The summed E-state index contributed by atoms with van der Waals surface area (Å²) >= 11 is 0. The summed E-state index contributed by atoms with van der Waals surface area (Å²) in [6.45, 7) is 0.654. The lowest BCUT2D eigenvalue weighted by Crippen LogP contribution is -2.47. The SMILES string of the molecule is COC(=O)CNC(=O)C1(Cc2ccccc2-c2ccc(F)c(F)c2)CCOCC1. The Morgan fingerprint density at radius 2 is 1.83 bits per heavy atom. The van der Waals surface area contributed by atoms with E-state index in [-0.39, 0.29) is 12.5 Å². The van der Waals surface area contributed by atoms with Crippen molar-refractivity contribution in [2.24, 2.45) is 5.41 Å². The highest BCUT2D eigenvalue weighted by molar-refractivity contribution is 5.87. The van der Waals surface area contributed by atoms with E-state index < -0.39 is 23.0 Å². The molecule has 0 bridgehead atoms. The minimum atomic E-state index is -0.922. The molecule has 2 aromatic carbocycles. The van der Waals surface area contributed by atoms with E-state index in [0.717, 1.165) is 23.3 Å². The molecule has 0 radical (unpaired) electrons. The van der Waals surface area contributed by atoms with E-state index in [4.69, 9.17) is 4.74 Å². The Hall–Kier alpha value is -2.80. The number of hydrogen-bond acceptors (Lipinski definition) is 4. The summed E-state index contributed by atoms with van der Waals surface area (Å²) in [5.41, 5.74) is 1.35. The van der Waals surface area contributed by atoms with E-state index in [1.54, 1.807) is 0 Å². The van der Waals surface area contributed by atoms with Crippen molar-refractivity contribution in [2.45, 2.75) is 19.3 Å². The van der Waals surface area contributed by atoms with Crippen LogP contribution in [0, 0.1) is 17.0 Å². The number of rotatable bonds is 6. The Kier molecular flexibility index (Phi) is 6.59. The third-order valence-corrected chi connectivity index (χ3v) is 5.33. The predicted octanol–water partition coefficient (Wildman–Crippen LogP) is 3.26. The normalized spacial score (nSPS) is 15.6. The Balaban J connectivity index is 1.91. The first-order chi connectivity index (χ1) is 13.9. The minimum Gasteiger partial charge on any atom is -0.468 e. The number of ether oxygens (including phenoxy) is 2. The number of methoxy groups -OCH3 is 1. The summed E-state index contributed by atoms with van der Waals surface area (Å²) < 4.78 is 37.2. The van der Waals surface area contributed by atoms with Crippen molar-refractivity contribution in [1.29, 1.82) is 0 Å². The maximum atomic E-state index is 13.8. The molecule has 154 valence electrons. The first-order valence-electron chi connectivity index (χ1n) is 9.41. The van der Waals surface area contributed by atoms with Crippen LogP contribution in [-0.2, 0) is 25.5 Å². The monoisotopic (exact) mass is 403 g/mol. The van der Waals surface area contributed by atoms with Crippen LogP contribution in [0.25, 0.3) is 11.1 Å². The van der Waals surface area contributed by atoms with Gasteiger partial charge in [-0.3, -0.25) is 9.59 Å². The van der Waals surface area contributed by atoms with Gasteiger partial charge < -0.3 is 14.8 Å². The first kappa shape index (κ1) is 20.9. The van der Waals surface area contributed by atoms with Crippen LogP contribution in [0.2, 0.25) is 0 Å². The second-order valence-electron chi connectivity index (χ2n) is 7.11. The zero-order valence-electron chi connectivity index (χ0n) is 16.2. The first-order valence-corrected chi connectivity index (χ1v) is 9.41. The zero-order chi connectivity index (χ0) is 20.9. The lowest BCUT2D eigenvalue weighted by Gasteiger charge is -2.36. The third-order valence-electron chi connectivity index (χ3n) is 5.33. The van der Waals surface area contributed by atoms with E-state index in [9.17, 15) is 18.4 Å². The van der Waals surface area contributed by atoms with Gasteiger partial charge in [-0.15, -0.1) is 0 Å². The Morgan fingerprint density at radius 1 is 1.10 bits per heavy atom. The van der Waals surface area contributed by atoms with Crippen molar-refractivity contribution in [3.8, 4) is 11.1 Å². The molecule has 1 N–H and O–H groups in total. The number of halogens is 2. The molecule has 3 rings (SSSR count). The number of carbonyl (C=O) groups is 2. The van der Waals surface area contributed by atoms with E-state index in [1.165, 1.54) is 13.2 Å². The fourth-order valence-electron chi connectivity index (χ4n) is 3.64. The van der Waals surface area contributed by atoms with Gasteiger partial charge in [0, 0.05) is 13.2 Å². The second-order valence-corrected chi connectivity index (χ2v) is 7.11. The minimum absolute atomic E-state index is 0.206. The molecule has 0 spiro atoms. The molecule has 2 aromatic rings. The third kappa shape index (κ3) is 4.79. The molecule has 29 heavy (non-hydrogen) atoms. The van der Waals surface area contributed by atoms with Gasteiger partial charge in [0.05, 0.1) is 12.5 Å². The average Bonchev–Trinajstić information content (AvgIpc) is 2.74. The smallest absolute Gasteiger partial charge is 0.325 e. The lowest BCUT2D eigenvalue weighted by atomic mass is 9.73. The van der Waals surface area contributed by atoms with Crippen LogP contribution in [-0.4, -0.2) is 38.7 Å². The number of carbonyl (C=O) groups excluding carboxylic acids is 2. The molecule has 1 heterocycles. The number of nitrogens with one attached hydrogen (secondary N) is 1. The highest BCUT2D eigenvalue weighted by atomic mass is 19.2. The van der Waals surface area contributed by atoms with Crippen LogP contribution in [0.4, 0.5) is 8.78 Å². The van der Waals surface area contributed by atoms with Crippen molar-refractivity contribution >= 4 is 11.9 Å². The maximum absolute atomic E-state index is 13.8. The molecule has 0 aromatic heterocycles. The van der Waals surface area contributed by atoms with Crippen molar-refractivity contribution in [1.82, 2.24) is 5.32 Å². The number of esters is 1. The molecule has 0 aliphatic carbocycles. The van der Waals surface area contributed by atoms with Crippen LogP contribution in [0.5, 0.6) is 0 Å². The summed E-state index contributed by atoms with van der Waals surface area (Å²) in [4.78, 5) is 24.4. The molecule has 0 saturated carbocycles. The Morgan fingerprint density at radius 3 is 2.52 bits per heavy atom. The number of amides is 1. The predicted molar refractivity (Wildman–Crippen MR) is 103 cm³/mol. The number of hydrogen-bond donors (Lipinski definition) is 1. The lowest BCUT2D eigenvalue weighted by molar-refractivity contribution is -0.144. The molecular formula is C22H23F2NO4. The van der Waals surface area contributed by atoms with Crippen molar-refractivity contribution in [2.75, 3.05) is 26.9 Å². The van der Waals surface area contributed by atoms with Crippen LogP contribution < -0.4 is 5.32 Å². The second kappa shape index (κ2) is 9.13. The van der Waals surface area contributed by atoms with E-state index >= 15 is 0 Å². The van der Waals surface area contributed by atoms with Gasteiger partial charge in [0.15, 0.2) is 11.6 Å². The van der Waals surface area contributed by atoms with E-state index in [2.05, 4.69) is 10.1 Å². The zero-order valence-corrected chi connectivity index (χ0v) is 16.2. The molecule has 0 unspecified atom stereocenters. The molecule has 0 atom stereocenters. The molecule has 7 heteroatoms. The van der Waals surface area contributed by atoms with Gasteiger partial charge in [0.2, 0.25) is 5.91 Å². The average molecular weight is 403 g/mol. The van der Waals surface area contributed by atoms with Crippen LogP contribution in [0.15, 0.2) is 42.5 Å². The topological polar surface area (TPSA) is 64.6 Å². The molecule has 1 fully saturated rings. The summed E-state index contributed by atoms with van der Waals surface area (Å²) in [6.07, 6.45) is 1.37. The van der Waals surface area contributed by atoms with E-state index in [1.807, 2.05) is 24.3 Å². The molecule has 1 aliphatic rings. The van der Waals surface area contributed by atoms with Crippen LogP contribution in [0.1, 0.15) is 18.4 Å². The summed E-state index contributed by atoms with van der Waals surface area (Å²) in [6, 6.07) is 11.1. The maximum Gasteiger partial charge on any atom is 0.325 e. The number of benzene rings is 2. The quantitative estimate of drug-likeness (QED) is 0.752. The molecular weight excluding hydrogens is 380 g/mol. The highest BCUT2D eigenvalue weighted by Crippen LogP contribution is 2.37. The van der Waals surface area contributed by atoms with Crippen LogP contribution in [0.3, 0.4) is 0 Å². The van der Waals surface area contributed by atoms with Crippen molar-refractivity contribution in [3.63, 3.8) is 0 Å². The van der Waals surface area contributed by atoms with Gasteiger partial charge in [-0.25, -0.2) is 8.78 Å². The Labute approximate surface area is 168 Å². The fourth-order valence-corrected chi connectivity index (χ4v) is 3.64. The highest BCUT2D eigenvalue weighted by Gasteiger charge is 2.40. The summed E-state index contributed by atoms with van der Waals surface area (Å²) in [5, 5.41) is 2.66. The van der Waals surface area contributed by atoms with Crippen LogP contribution >= 0.6 is 0 Å². The largest absolute Gasteiger partial charge is 0.468 e.